The highest BCUT2D eigenvalue weighted by molar-refractivity contribution is 7.93. The van der Waals surface area contributed by atoms with Crippen LogP contribution >= 0.6 is 11.6 Å². The van der Waals surface area contributed by atoms with Crippen LogP contribution in [-0.2, 0) is 19.9 Å². The van der Waals surface area contributed by atoms with Crippen molar-refractivity contribution in [3.63, 3.8) is 0 Å². The molecule has 6 nitrogen and oxygen atoms in total. The summed E-state index contributed by atoms with van der Waals surface area (Å²) in [5.41, 5.74) is 0.0215. The van der Waals surface area contributed by atoms with Crippen molar-refractivity contribution in [2.75, 3.05) is 18.1 Å². The Morgan fingerprint density at radius 3 is 2.29 bits per heavy atom. The first-order chi connectivity index (χ1) is 11.0. The van der Waals surface area contributed by atoms with Gasteiger partial charge in [-0.1, -0.05) is 11.6 Å². The molecule has 2 aromatic rings. The summed E-state index contributed by atoms with van der Waals surface area (Å²) < 4.78 is 68.7. The van der Waals surface area contributed by atoms with Gasteiger partial charge < -0.3 is 4.74 Å². The van der Waals surface area contributed by atoms with E-state index in [4.69, 9.17) is 16.3 Å². The molecule has 0 heterocycles. The molecular formula is C14H13ClFNO5S2. The van der Waals surface area contributed by atoms with Crippen LogP contribution in [0.4, 0.5) is 10.1 Å². The van der Waals surface area contributed by atoms with E-state index in [1.807, 2.05) is 0 Å². The van der Waals surface area contributed by atoms with Gasteiger partial charge in [0.05, 0.1) is 22.7 Å². The standard InChI is InChI=1S/C14H13ClFNO5S2/c1-22-13-6-4-10(23(2,18)19)8-14(13)24(20,21)17-9-3-5-12(16)11(15)7-9/h3-8,17H,1-2H3. The molecular weight excluding hydrogens is 381 g/mol. The number of hydrogen-bond acceptors (Lipinski definition) is 5. The molecule has 0 amide bonds. The minimum Gasteiger partial charge on any atom is -0.495 e. The van der Waals surface area contributed by atoms with E-state index in [2.05, 4.69) is 4.72 Å². The van der Waals surface area contributed by atoms with Crippen LogP contribution in [0.15, 0.2) is 46.2 Å². The number of halogens is 2. The summed E-state index contributed by atoms with van der Waals surface area (Å²) in [5.74, 6) is -0.737. The van der Waals surface area contributed by atoms with E-state index in [0.29, 0.717) is 0 Å². The summed E-state index contributed by atoms with van der Waals surface area (Å²) >= 11 is 5.62. The fourth-order valence-electron chi connectivity index (χ4n) is 1.87. The molecule has 0 atom stereocenters. The van der Waals surface area contributed by atoms with Gasteiger partial charge in [0.2, 0.25) is 0 Å². The maximum absolute atomic E-state index is 13.2. The second kappa shape index (κ2) is 6.58. The molecule has 0 aliphatic rings. The number of rotatable bonds is 5. The molecule has 2 aromatic carbocycles. The molecule has 0 aliphatic heterocycles. The maximum Gasteiger partial charge on any atom is 0.265 e. The number of nitrogens with one attached hydrogen (secondary N) is 1. The molecule has 0 aromatic heterocycles. The van der Waals surface area contributed by atoms with Crippen LogP contribution in [0.1, 0.15) is 0 Å². The Hall–Kier alpha value is -1.84. The Morgan fingerprint density at radius 2 is 1.75 bits per heavy atom. The van der Waals surface area contributed by atoms with Crippen LogP contribution in [0.3, 0.4) is 0 Å². The Kier molecular flexibility index (Phi) is 5.07. The molecule has 0 aliphatic carbocycles. The van der Waals surface area contributed by atoms with Gasteiger partial charge in [0.15, 0.2) is 9.84 Å². The van der Waals surface area contributed by atoms with Crippen molar-refractivity contribution < 1.29 is 26.0 Å². The van der Waals surface area contributed by atoms with Crippen LogP contribution in [0, 0.1) is 5.82 Å². The molecule has 0 bridgehead atoms. The summed E-state index contributed by atoms with van der Waals surface area (Å²) in [5, 5.41) is -0.257. The fourth-order valence-corrected chi connectivity index (χ4v) is 4.02. The number of benzene rings is 2. The highest BCUT2D eigenvalue weighted by Gasteiger charge is 2.23. The summed E-state index contributed by atoms with van der Waals surface area (Å²) in [6.07, 6.45) is 0.957. The summed E-state index contributed by atoms with van der Waals surface area (Å²) in [6, 6.07) is 6.75. The summed E-state index contributed by atoms with van der Waals surface area (Å²) in [4.78, 5) is -0.547. The van der Waals surface area contributed by atoms with Crippen LogP contribution in [-0.4, -0.2) is 30.2 Å². The molecule has 24 heavy (non-hydrogen) atoms. The van der Waals surface area contributed by atoms with E-state index < -0.39 is 25.7 Å². The van der Waals surface area contributed by atoms with Gasteiger partial charge in [-0.25, -0.2) is 21.2 Å². The van der Waals surface area contributed by atoms with Crippen molar-refractivity contribution >= 4 is 37.1 Å². The highest BCUT2D eigenvalue weighted by Crippen LogP contribution is 2.29. The Morgan fingerprint density at radius 1 is 1.08 bits per heavy atom. The SMILES string of the molecule is COc1ccc(S(C)(=O)=O)cc1S(=O)(=O)Nc1ccc(F)c(Cl)c1. The first kappa shape index (κ1) is 18.5. The van der Waals surface area contributed by atoms with Crippen molar-refractivity contribution in [2.24, 2.45) is 0 Å². The molecule has 0 fully saturated rings. The number of methoxy groups -OCH3 is 1. The molecule has 2 rings (SSSR count). The average Bonchev–Trinajstić information content (AvgIpc) is 2.49. The van der Waals surface area contributed by atoms with Gasteiger partial charge in [0.1, 0.15) is 16.5 Å². The Bertz CT molecular complexity index is 990. The third kappa shape index (κ3) is 3.97. The van der Waals surface area contributed by atoms with Crippen molar-refractivity contribution in [1.82, 2.24) is 0 Å². The molecule has 130 valence electrons. The average molecular weight is 394 g/mol. The monoisotopic (exact) mass is 393 g/mol. The zero-order chi connectivity index (χ0) is 18.1. The molecule has 0 saturated heterocycles. The van der Waals surface area contributed by atoms with Crippen LogP contribution < -0.4 is 9.46 Å². The van der Waals surface area contributed by atoms with Gasteiger partial charge in [-0.3, -0.25) is 4.72 Å². The smallest absolute Gasteiger partial charge is 0.265 e. The number of ether oxygens (including phenoxy) is 1. The van der Waals surface area contributed by atoms with E-state index in [1.165, 1.54) is 25.3 Å². The van der Waals surface area contributed by atoms with Crippen molar-refractivity contribution in [1.29, 1.82) is 0 Å². The Labute approximate surface area is 144 Å². The third-order valence-corrected chi connectivity index (χ3v) is 5.83. The molecule has 0 saturated carbocycles. The van der Waals surface area contributed by atoms with E-state index in [-0.39, 0.29) is 26.3 Å². The van der Waals surface area contributed by atoms with Crippen molar-refractivity contribution in [2.45, 2.75) is 9.79 Å². The summed E-state index contributed by atoms with van der Waals surface area (Å²) in [6.45, 7) is 0. The lowest BCUT2D eigenvalue weighted by Gasteiger charge is -2.13. The van der Waals surface area contributed by atoms with Gasteiger partial charge in [-0.05, 0) is 36.4 Å². The van der Waals surface area contributed by atoms with E-state index >= 15 is 0 Å². The largest absolute Gasteiger partial charge is 0.495 e. The number of sulfone groups is 1. The molecule has 0 spiro atoms. The minimum absolute atomic E-state index is 0.0215. The molecule has 1 N–H and O–H groups in total. The highest BCUT2D eigenvalue weighted by atomic mass is 35.5. The van der Waals surface area contributed by atoms with Crippen molar-refractivity contribution in [3.05, 3.63) is 47.2 Å². The quantitative estimate of drug-likeness (QED) is 0.843. The van der Waals surface area contributed by atoms with E-state index in [1.54, 1.807) is 0 Å². The number of sulfonamides is 1. The van der Waals surface area contributed by atoms with Gasteiger partial charge in [-0.2, -0.15) is 0 Å². The topological polar surface area (TPSA) is 89.5 Å². The first-order valence-electron chi connectivity index (χ1n) is 6.40. The number of anilines is 1. The third-order valence-electron chi connectivity index (χ3n) is 3.02. The van der Waals surface area contributed by atoms with Gasteiger partial charge in [0, 0.05) is 6.26 Å². The number of hydrogen-bond donors (Lipinski definition) is 1. The van der Waals surface area contributed by atoms with Gasteiger partial charge >= 0.3 is 0 Å². The van der Waals surface area contributed by atoms with Crippen LogP contribution in [0.5, 0.6) is 5.75 Å². The maximum atomic E-state index is 13.2. The summed E-state index contributed by atoms with van der Waals surface area (Å²) in [7, 11) is -6.55. The zero-order valence-corrected chi connectivity index (χ0v) is 15.0. The lowest BCUT2D eigenvalue weighted by atomic mass is 10.3. The van der Waals surface area contributed by atoms with Gasteiger partial charge in [-0.15, -0.1) is 0 Å². The van der Waals surface area contributed by atoms with E-state index in [9.17, 15) is 21.2 Å². The van der Waals surface area contributed by atoms with Crippen LogP contribution in [0.25, 0.3) is 0 Å². The predicted molar refractivity (Wildman–Crippen MR) is 88.3 cm³/mol. The fraction of sp³-hybridized carbons (Fsp3) is 0.143. The molecule has 0 radical (unpaired) electrons. The van der Waals surface area contributed by atoms with Gasteiger partial charge in [0.25, 0.3) is 10.0 Å². The zero-order valence-electron chi connectivity index (χ0n) is 12.6. The molecule has 10 heteroatoms. The first-order valence-corrected chi connectivity index (χ1v) is 10.2. The Balaban J connectivity index is 2.53. The van der Waals surface area contributed by atoms with Crippen LogP contribution in [0.2, 0.25) is 5.02 Å². The van der Waals surface area contributed by atoms with E-state index in [0.717, 1.165) is 24.5 Å². The molecule has 0 unspecified atom stereocenters. The second-order valence-electron chi connectivity index (χ2n) is 4.82. The minimum atomic E-state index is -4.19. The lowest BCUT2D eigenvalue weighted by molar-refractivity contribution is 0.402. The lowest BCUT2D eigenvalue weighted by Crippen LogP contribution is -2.15. The predicted octanol–water partition coefficient (Wildman–Crippen LogP) is 2.69. The normalized spacial score (nSPS) is 12.0. The van der Waals surface area contributed by atoms with Crippen molar-refractivity contribution in [3.8, 4) is 5.75 Å². The second-order valence-corrected chi connectivity index (χ2v) is 8.89.